The van der Waals surface area contributed by atoms with Gasteiger partial charge in [-0.3, -0.25) is 14.6 Å². The Bertz CT molecular complexity index is 561. The van der Waals surface area contributed by atoms with Gasteiger partial charge in [0.25, 0.3) is 0 Å². The SMILES string of the molecule is CNC(c1cnc(C)cn1)c1c(OC)cnn1C(C)C. The van der Waals surface area contributed by atoms with Crippen molar-refractivity contribution in [3.8, 4) is 5.75 Å². The van der Waals surface area contributed by atoms with Crippen LogP contribution in [0.15, 0.2) is 18.6 Å². The zero-order valence-electron chi connectivity index (χ0n) is 12.6. The number of aryl methyl sites for hydroxylation is 1. The Morgan fingerprint density at radius 2 is 1.95 bits per heavy atom. The quantitative estimate of drug-likeness (QED) is 0.902. The molecule has 1 unspecified atom stereocenters. The number of nitrogens with zero attached hydrogens (tertiary/aromatic N) is 4. The summed E-state index contributed by atoms with van der Waals surface area (Å²) in [4.78, 5) is 8.77. The summed E-state index contributed by atoms with van der Waals surface area (Å²) in [6, 6.07) is 0.131. The van der Waals surface area contributed by atoms with Gasteiger partial charge in [0.1, 0.15) is 5.69 Å². The molecule has 108 valence electrons. The molecule has 20 heavy (non-hydrogen) atoms. The predicted octanol–water partition coefficient (Wildman–Crippen LogP) is 1.88. The Kier molecular flexibility index (Phi) is 4.34. The van der Waals surface area contributed by atoms with E-state index in [-0.39, 0.29) is 12.1 Å². The van der Waals surface area contributed by atoms with Gasteiger partial charge in [0.15, 0.2) is 5.75 Å². The van der Waals surface area contributed by atoms with Gasteiger partial charge in [-0.15, -0.1) is 0 Å². The molecule has 1 atom stereocenters. The van der Waals surface area contributed by atoms with Crippen LogP contribution in [0.5, 0.6) is 5.75 Å². The van der Waals surface area contributed by atoms with Gasteiger partial charge in [0.05, 0.1) is 36.9 Å². The van der Waals surface area contributed by atoms with Crippen molar-refractivity contribution in [3.63, 3.8) is 0 Å². The van der Waals surface area contributed by atoms with Gasteiger partial charge in [0, 0.05) is 12.2 Å². The normalized spacial score (nSPS) is 12.7. The Hall–Kier alpha value is -1.95. The zero-order chi connectivity index (χ0) is 14.7. The summed E-state index contributed by atoms with van der Waals surface area (Å²) in [5, 5.41) is 7.67. The number of nitrogens with one attached hydrogen (secondary N) is 1. The van der Waals surface area contributed by atoms with Crippen molar-refractivity contribution in [1.82, 2.24) is 25.1 Å². The van der Waals surface area contributed by atoms with E-state index in [0.29, 0.717) is 0 Å². The molecule has 0 amide bonds. The minimum atomic E-state index is -0.108. The fraction of sp³-hybridized carbons (Fsp3) is 0.500. The first-order valence-electron chi connectivity index (χ1n) is 6.65. The number of hydrogen-bond donors (Lipinski definition) is 1. The van der Waals surface area contributed by atoms with Crippen molar-refractivity contribution in [2.45, 2.75) is 32.9 Å². The van der Waals surface area contributed by atoms with Gasteiger partial charge >= 0.3 is 0 Å². The van der Waals surface area contributed by atoms with Crippen LogP contribution in [-0.4, -0.2) is 33.9 Å². The van der Waals surface area contributed by atoms with Crippen LogP contribution in [-0.2, 0) is 0 Å². The lowest BCUT2D eigenvalue weighted by Crippen LogP contribution is -2.24. The van der Waals surface area contributed by atoms with E-state index in [4.69, 9.17) is 4.74 Å². The predicted molar refractivity (Wildman–Crippen MR) is 76.8 cm³/mol. The van der Waals surface area contributed by atoms with E-state index < -0.39 is 0 Å². The fourth-order valence-electron chi connectivity index (χ4n) is 2.18. The number of hydrogen-bond acceptors (Lipinski definition) is 5. The monoisotopic (exact) mass is 275 g/mol. The van der Waals surface area contributed by atoms with E-state index in [1.54, 1.807) is 25.7 Å². The highest BCUT2D eigenvalue weighted by Crippen LogP contribution is 2.30. The molecular weight excluding hydrogens is 254 g/mol. The largest absolute Gasteiger partial charge is 0.493 e. The third-order valence-electron chi connectivity index (χ3n) is 3.17. The fourth-order valence-corrected chi connectivity index (χ4v) is 2.18. The van der Waals surface area contributed by atoms with Crippen LogP contribution in [0.3, 0.4) is 0 Å². The van der Waals surface area contributed by atoms with Crippen molar-refractivity contribution in [2.24, 2.45) is 0 Å². The minimum Gasteiger partial charge on any atom is -0.493 e. The summed E-state index contributed by atoms with van der Waals surface area (Å²) in [6.07, 6.45) is 5.29. The summed E-state index contributed by atoms with van der Waals surface area (Å²) >= 11 is 0. The molecule has 0 aliphatic rings. The van der Waals surface area contributed by atoms with Gasteiger partial charge in [-0.2, -0.15) is 5.10 Å². The second kappa shape index (κ2) is 6.00. The van der Waals surface area contributed by atoms with Crippen LogP contribution in [0.2, 0.25) is 0 Å². The molecule has 2 aromatic rings. The average molecular weight is 275 g/mol. The van der Waals surface area contributed by atoms with E-state index in [1.807, 2.05) is 18.7 Å². The first-order chi connectivity index (χ1) is 9.58. The van der Waals surface area contributed by atoms with E-state index in [1.165, 1.54) is 0 Å². The molecule has 0 aliphatic heterocycles. The lowest BCUT2D eigenvalue weighted by Gasteiger charge is -2.20. The molecule has 0 fully saturated rings. The molecule has 0 radical (unpaired) electrons. The standard InChI is InChI=1S/C14H21N5O/c1-9(2)19-14(12(20-5)8-18-19)13(15-4)11-7-16-10(3)6-17-11/h6-9,13,15H,1-5H3. The summed E-state index contributed by atoms with van der Waals surface area (Å²) in [6.45, 7) is 6.09. The molecule has 2 heterocycles. The molecule has 0 saturated carbocycles. The lowest BCUT2D eigenvalue weighted by atomic mass is 10.1. The average Bonchev–Trinajstić information content (AvgIpc) is 2.86. The zero-order valence-corrected chi connectivity index (χ0v) is 12.6. The first-order valence-corrected chi connectivity index (χ1v) is 6.65. The number of methoxy groups -OCH3 is 1. The number of rotatable bonds is 5. The van der Waals surface area contributed by atoms with Crippen molar-refractivity contribution >= 4 is 0 Å². The topological polar surface area (TPSA) is 64.9 Å². The molecule has 0 bridgehead atoms. The molecule has 6 nitrogen and oxygen atoms in total. The molecule has 2 aromatic heterocycles. The van der Waals surface area contributed by atoms with E-state index in [9.17, 15) is 0 Å². The van der Waals surface area contributed by atoms with E-state index in [0.717, 1.165) is 22.8 Å². The third-order valence-corrected chi connectivity index (χ3v) is 3.17. The minimum absolute atomic E-state index is 0.108. The van der Waals surface area contributed by atoms with Gasteiger partial charge < -0.3 is 10.1 Å². The number of ether oxygens (including phenoxy) is 1. The van der Waals surface area contributed by atoms with Crippen LogP contribution in [0.4, 0.5) is 0 Å². The van der Waals surface area contributed by atoms with E-state index >= 15 is 0 Å². The maximum atomic E-state index is 5.43. The van der Waals surface area contributed by atoms with Gasteiger partial charge in [-0.05, 0) is 27.8 Å². The van der Waals surface area contributed by atoms with Crippen molar-refractivity contribution in [1.29, 1.82) is 0 Å². The van der Waals surface area contributed by atoms with Crippen LogP contribution in [0.25, 0.3) is 0 Å². The summed E-state index contributed by atoms with van der Waals surface area (Å²) in [5.74, 6) is 0.750. The Balaban J connectivity index is 2.50. The van der Waals surface area contributed by atoms with Crippen LogP contribution < -0.4 is 10.1 Å². The summed E-state index contributed by atoms with van der Waals surface area (Å²) in [5.41, 5.74) is 2.70. The lowest BCUT2D eigenvalue weighted by molar-refractivity contribution is 0.395. The molecule has 0 saturated heterocycles. The van der Waals surface area contributed by atoms with Crippen molar-refractivity contribution < 1.29 is 4.74 Å². The van der Waals surface area contributed by atoms with Crippen molar-refractivity contribution in [2.75, 3.05) is 14.2 Å². The molecule has 0 aromatic carbocycles. The Morgan fingerprint density at radius 1 is 1.20 bits per heavy atom. The maximum Gasteiger partial charge on any atom is 0.162 e. The highest BCUT2D eigenvalue weighted by molar-refractivity contribution is 5.33. The van der Waals surface area contributed by atoms with Crippen LogP contribution in [0.1, 0.15) is 43.0 Å². The van der Waals surface area contributed by atoms with E-state index in [2.05, 4.69) is 34.2 Å². The van der Waals surface area contributed by atoms with Gasteiger partial charge in [-0.25, -0.2) is 0 Å². The smallest absolute Gasteiger partial charge is 0.162 e. The molecule has 1 N–H and O–H groups in total. The van der Waals surface area contributed by atoms with Crippen LogP contribution in [0, 0.1) is 6.92 Å². The molecule has 0 aliphatic carbocycles. The molecule has 2 rings (SSSR count). The summed E-state index contributed by atoms with van der Waals surface area (Å²) in [7, 11) is 3.54. The highest BCUT2D eigenvalue weighted by atomic mass is 16.5. The first kappa shape index (κ1) is 14.5. The second-order valence-corrected chi connectivity index (χ2v) is 4.94. The third kappa shape index (κ3) is 2.65. The Labute approximate surface area is 119 Å². The van der Waals surface area contributed by atoms with Crippen LogP contribution >= 0.6 is 0 Å². The molecule has 0 spiro atoms. The molecule has 6 heteroatoms. The highest BCUT2D eigenvalue weighted by Gasteiger charge is 2.24. The van der Waals surface area contributed by atoms with Gasteiger partial charge in [-0.1, -0.05) is 0 Å². The van der Waals surface area contributed by atoms with Gasteiger partial charge in [0.2, 0.25) is 0 Å². The number of aromatic nitrogens is 4. The maximum absolute atomic E-state index is 5.43. The summed E-state index contributed by atoms with van der Waals surface area (Å²) < 4.78 is 7.38. The second-order valence-electron chi connectivity index (χ2n) is 4.94. The molecular formula is C14H21N5O. The van der Waals surface area contributed by atoms with Crippen molar-refractivity contribution in [3.05, 3.63) is 35.7 Å². The Morgan fingerprint density at radius 3 is 2.45 bits per heavy atom.